The molecule has 4 aliphatic heterocycles. The number of fused-ring (bicyclic) bond motifs is 4. The maximum Gasteiger partial charge on any atom is 0.319 e. The minimum atomic E-state index is -0.904. The lowest BCUT2D eigenvalue weighted by Gasteiger charge is -2.34. The van der Waals surface area contributed by atoms with Gasteiger partial charge in [-0.25, -0.2) is 13.2 Å². The molecule has 5 fully saturated rings. The van der Waals surface area contributed by atoms with Crippen molar-refractivity contribution in [3.63, 3.8) is 0 Å². The molecule has 0 bridgehead atoms. The van der Waals surface area contributed by atoms with E-state index >= 15 is 4.39 Å². The molecule has 11 heteroatoms. The summed E-state index contributed by atoms with van der Waals surface area (Å²) in [4.78, 5) is 18.3. The second-order valence-electron chi connectivity index (χ2n) is 13.5. The number of alkyl halides is 1. The van der Waals surface area contributed by atoms with Crippen molar-refractivity contribution in [1.82, 2.24) is 19.9 Å². The molecule has 4 saturated heterocycles. The van der Waals surface area contributed by atoms with Gasteiger partial charge in [0, 0.05) is 37.8 Å². The third kappa shape index (κ3) is 4.15. The van der Waals surface area contributed by atoms with Crippen LogP contribution in [0.2, 0.25) is 0 Å². The molecule has 1 saturated carbocycles. The Morgan fingerprint density at radius 3 is 2.87 bits per heavy atom. The number of rotatable bonds is 6. The number of piperidine rings is 1. The van der Waals surface area contributed by atoms with E-state index in [0.29, 0.717) is 71.2 Å². The molecule has 234 valence electrons. The van der Waals surface area contributed by atoms with E-state index in [9.17, 15) is 13.9 Å². The van der Waals surface area contributed by atoms with Crippen molar-refractivity contribution in [2.24, 2.45) is 17.8 Å². The third-order valence-corrected chi connectivity index (χ3v) is 11.1. The molecule has 6 unspecified atom stereocenters. The zero-order valence-corrected chi connectivity index (χ0v) is 25.0. The van der Waals surface area contributed by atoms with Gasteiger partial charge in [0.05, 0.1) is 23.6 Å². The molecule has 1 N–H and O–H groups in total. The van der Waals surface area contributed by atoms with Gasteiger partial charge in [0.1, 0.15) is 41.4 Å². The van der Waals surface area contributed by atoms with E-state index in [1.54, 1.807) is 12.3 Å². The quantitative estimate of drug-likeness (QED) is 0.307. The Kier molecular flexibility index (Phi) is 6.07. The molecule has 6 heterocycles. The summed E-state index contributed by atoms with van der Waals surface area (Å²) < 4.78 is 58.6. The van der Waals surface area contributed by atoms with Crippen LogP contribution in [-0.4, -0.2) is 82.2 Å². The number of pyridine rings is 1. The summed E-state index contributed by atoms with van der Waals surface area (Å²) in [6.45, 7) is 5.47. The van der Waals surface area contributed by atoms with E-state index in [0.717, 1.165) is 32.5 Å². The average Bonchev–Trinajstić information content (AvgIpc) is 3.25. The fraction of sp³-hybridized carbons (Fsp3) is 0.500. The highest BCUT2D eigenvalue weighted by Gasteiger charge is 2.62. The minimum absolute atomic E-state index is 0.0298. The zero-order valence-electron chi connectivity index (χ0n) is 25.0. The van der Waals surface area contributed by atoms with Gasteiger partial charge in [0.25, 0.3) is 0 Å². The molecule has 0 amide bonds. The molecule has 0 radical (unpaired) electrons. The number of hydrogen-bond donors (Lipinski definition) is 1. The van der Waals surface area contributed by atoms with Gasteiger partial charge >= 0.3 is 6.01 Å². The number of halogens is 3. The Morgan fingerprint density at radius 2 is 2.02 bits per heavy atom. The summed E-state index contributed by atoms with van der Waals surface area (Å²) in [5.41, 5.74) is 0.278. The Labute approximate surface area is 258 Å². The van der Waals surface area contributed by atoms with Gasteiger partial charge in [-0.3, -0.25) is 9.88 Å². The minimum Gasteiger partial charge on any atom is -0.508 e. The molecule has 45 heavy (non-hydrogen) atoms. The lowest BCUT2D eigenvalue weighted by atomic mass is 9.94. The molecular weight excluding hydrogens is 583 g/mol. The van der Waals surface area contributed by atoms with Crippen LogP contribution >= 0.6 is 0 Å². The zero-order chi connectivity index (χ0) is 30.6. The summed E-state index contributed by atoms with van der Waals surface area (Å²) in [5, 5.41) is 12.1. The first kappa shape index (κ1) is 27.6. The monoisotopic (exact) mass is 617 g/mol. The summed E-state index contributed by atoms with van der Waals surface area (Å²) in [6, 6.07) is 5.92. The average molecular weight is 618 g/mol. The van der Waals surface area contributed by atoms with E-state index in [-0.39, 0.29) is 41.2 Å². The summed E-state index contributed by atoms with van der Waals surface area (Å²) in [7, 11) is 0. The van der Waals surface area contributed by atoms with Crippen molar-refractivity contribution < 1.29 is 27.8 Å². The van der Waals surface area contributed by atoms with Crippen molar-refractivity contribution in [3.8, 4) is 23.0 Å². The van der Waals surface area contributed by atoms with E-state index in [1.807, 2.05) is 6.92 Å². The van der Waals surface area contributed by atoms with Gasteiger partial charge in [-0.2, -0.15) is 9.97 Å². The molecule has 4 aromatic rings. The number of aromatic nitrogens is 3. The van der Waals surface area contributed by atoms with Crippen LogP contribution in [0, 0.1) is 29.4 Å². The molecule has 2 aromatic carbocycles. The molecule has 8 nitrogen and oxygen atoms in total. The number of phenolic OH excluding ortho intramolecular Hbond substituents is 1. The number of nitrogens with zero attached hydrogens (tertiary/aromatic N) is 5. The van der Waals surface area contributed by atoms with Crippen LogP contribution in [0.25, 0.3) is 32.9 Å². The Balaban J connectivity index is 1.18. The van der Waals surface area contributed by atoms with Crippen LogP contribution in [0.5, 0.6) is 11.8 Å². The van der Waals surface area contributed by atoms with Gasteiger partial charge in [-0.05, 0) is 78.1 Å². The first-order valence-corrected chi connectivity index (χ1v) is 16.0. The molecule has 5 aliphatic rings. The molecule has 2 aromatic heterocycles. The number of benzene rings is 2. The summed E-state index contributed by atoms with van der Waals surface area (Å²) in [6.07, 6.45) is 3.33. The lowest BCUT2D eigenvalue weighted by molar-refractivity contribution is 0.0609. The van der Waals surface area contributed by atoms with Crippen LogP contribution in [0.15, 0.2) is 30.5 Å². The molecule has 1 aliphatic carbocycles. The van der Waals surface area contributed by atoms with Crippen molar-refractivity contribution in [1.29, 1.82) is 0 Å². The Hall–Kier alpha value is -3.70. The van der Waals surface area contributed by atoms with Gasteiger partial charge in [-0.1, -0.05) is 13.0 Å². The van der Waals surface area contributed by atoms with Gasteiger partial charge in [-0.15, -0.1) is 0 Å². The highest BCUT2D eigenvalue weighted by Crippen LogP contribution is 2.57. The predicted octanol–water partition coefficient (Wildman–Crippen LogP) is 5.43. The first-order valence-electron chi connectivity index (χ1n) is 16.0. The number of ether oxygens (including phenoxy) is 2. The van der Waals surface area contributed by atoms with E-state index in [2.05, 4.69) is 19.8 Å². The number of hydrogen-bond acceptors (Lipinski definition) is 8. The van der Waals surface area contributed by atoms with Gasteiger partial charge < -0.3 is 19.5 Å². The maximum absolute atomic E-state index is 16.8. The highest BCUT2D eigenvalue weighted by molar-refractivity contribution is 6.01. The van der Waals surface area contributed by atoms with Crippen LogP contribution in [0.3, 0.4) is 0 Å². The van der Waals surface area contributed by atoms with Crippen LogP contribution in [-0.2, 0) is 11.2 Å². The van der Waals surface area contributed by atoms with Crippen molar-refractivity contribution in [3.05, 3.63) is 47.7 Å². The van der Waals surface area contributed by atoms with Crippen molar-refractivity contribution in [2.75, 3.05) is 44.3 Å². The lowest BCUT2D eigenvalue weighted by Crippen LogP contribution is -2.44. The second-order valence-corrected chi connectivity index (χ2v) is 13.5. The largest absolute Gasteiger partial charge is 0.508 e. The molecule has 0 spiro atoms. The highest BCUT2D eigenvalue weighted by atomic mass is 19.1. The second kappa shape index (κ2) is 9.90. The van der Waals surface area contributed by atoms with Crippen LogP contribution in [0.1, 0.15) is 31.7 Å². The summed E-state index contributed by atoms with van der Waals surface area (Å²) in [5.74, 6) is 0.985. The normalized spacial score (nSPS) is 30.3. The SMILES string of the molecule is CCc1c(F)ccc2cc(O)cc(-c3ncc4c(N5CC6OCC7C(C5)C67)nc(OCC56CCCN5CC(F)C6)nc4c3F)c12. The standard InChI is InChI=1S/C34H34F3N5O3/c1-2-20-25(36)5-4-17-8-19(43)9-21(27(17)20)30-29(37)31-22(11-38-30)32(41-13-23-24-15-44-26(14-41)28(23)24)40-33(39-31)45-16-34-6-3-7-42(34)12-18(35)10-34/h4-5,8-9,11,18,23-24,26,28,43H,2-3,6-7,10,12-16H2,1H3. The van der Waals surface area contributed by atoms with E-state index in [1.165, 1.54) is 18.2 Å². The number of phenols is 1. The first-order chi connectivity index (χ1) is 21.8. The summed E-state index contributed by atoms with van der Waals surface area (Å²) >= 11 is 0. The molecule has 6 atom stereocenters. The third-order valence-electron chi connectivity index (χ3n) is 11.1. The van der Waals surface area contributed by atoms with E-state index < -0.39 is 23.3 Å². The van der Waals surface area contributed by atoms with E-state index in [4.69, 9.17) is 14.5 Å². The van der Waals surface area contributed by atoms with Crippen LogP contribution in [0.4, 0.5) is 19.0 Å². The van der Waals surface area contributed by atoms with Crippen LogP contribution < -0.4 is 9.64 Å². The molecular formula is C34H34F3N5O3. The fourth-order valence-corrected chi connectivity index (χ4v) is 8.95. The van der Waals surface area contributed by atoms with Crippen molar-refractivity contribution >= 4 is 27.5 Å². The fourth-order valence-electron chi connectivity index (χ4n) is 8.95. The molecule has 9 rings (SSSR count). The topological polar surface area (TPSA) is 83.8 Å². The number of anilines is 1. The number of aromatic hydroxyl groups is 1. The van der Waals surface area contributed by atoms with Gasteiger partial charge in [0.2, 0.25) is 0 Å². The van der Waals surface area contributed by atoms with Crippen molar-refractivity contribution in [2.45, 2.75) is 50.4 Å². The number of aryl methyl sites for hydroxylation is 1. The predicted molar refractivity (Wildman–Crippen MR) is 162 cm³/mol. The smallest absolute Gasteiger partial charge is 0.319 e. The maximum atomic E-state index is 16.8. The van der Waals surface area contributed by atoms with Gasteiger partial charge in [0.15, 0.2) is 5.82 Å². The Morgan fingerprint density at radius 1 is 1.13 bits per heavy atom. The Bertz CT molecular complexity index is 1870.